The molecule has 84 valence electrons. The molecule has 0 saturated carbocycles. The highest BCUT2D eigenvalue weighted by Gasteiger charge is 2.52. The average molecular weight is 209 g/mol. The van der Waals surface area contributed by atoms with E-state index in [1.54, 1.807) is 0 Å². The van der Waals surface area contributed by atoms with E-state index in [1.165, 1.54) is 5.47 Å². The highest BCUT2D eigenvalue weighted by molar-refractivity contribution is 6.54. The summed E-state index contributed by atoms with van der Waals surface area (Å²) in [6.07, 6.45) is 4.28. The van der Waals surface area contributed by atoms with E-state index >= 15 is 0 Å². The van der Waals surface area contributed by atoms with Crippen LogP contribution in [0.25, 0.3) is 0 Å². The molecule has 4 heteroatoms. The van der Waals surface area contributed by atoms with Crippen LogP contribution in [0.4, 0.5) is 0 Å². The van der Waals surface area contributed by atoms with Gasteiger partial charge < -0.3 is 14.6 Å². The van der Waals surface area contributed by atoms with Gasteiger partial charge in [-0.25, -0.2) is 0 Å². The molecule has 0 radical (unpaired) electrons. The van der Waals surface area contributed by atoms with E-state index in [-0.39, 0.29) is 18.3 Å². The predicted molar refractivity (Wildman–Crippen MR) is 61.4 cm³/mol. The van der Waals surface area contributed by atoms with Crippen LogP contribution >= 0.6 is 0 Å². The Hall–Kier alpha value is -0.475. The standard InChI is InChI=1S/C11H20BNO2/c1-10(2)11(3,4)15-12(14-10)9-6-5-7-13-8-9/h8,13H,5-7H2,1-4H3. The molecule has 0 unspecified atom stereocenters. The smallest absolute Gasteiger partial charge is 0.400 e. The molecule has 2 aliphatic heterocycles. The lowest BCUT2D eigenvalue weighted by Crippen LogP contribution is -2.41. The zero-order valence-corrected chi connectivity index (χ0v) is 10.1. The third-order valence-electron chi connectivity index (χ3n) is 3.63. The third-order valence-corrected chi connectivity index (χ3v) is 3.63. The monoisotopic (exact) mass is 209 g/mol. The largest absolute Gasteiger partial charge is 0.492 e. The van der Waals surface area contributed by atoms with Crippen LogP contribution in [0.3, 0.4) is 0 Å². The molecule has 0 aliphatic carbocycles. The summed E-state index contributed by atoms with van der Waals surface area (Å²) in [4.78, 5) is 0. The molecule has 2 rings (SSSR count). The highest BCUT2D eigenvalue weighted by Crippen LogP contribution is 2.39. The Balaban J connectivity index is 2.12. The summed E-state index contributed by atoms with van der Waals surface area (Å²) in [7, 11) is -0.164. The van der Waals surface area contributed by atoms with Crippen molar-refractivity contribution in [3.05, 3.63) is 11.7 Å². The molecule has 0 atom stereocenters. The van der Waals surface area contributed by atoms with Crippen molar-refractivity contribution >= 4 is 7.12 Å². The summed E-state index contributed by atoms with van der Waals surface area (Å²) in [6.45, 7) is 9.41. The van der Waals surface area contributed by atoms with Gasteiger partial charge in [0.15, 0.2) is 0 Å². The Morgan fingerprint density at radius 3 is 2.27 bits per heavy atom. The van der Waals surface area contributed by atoms with Gasteiger partial charge in [0.2, 0.25) is 0 Å². The summed E-state index contributed by atoms with van der Waals surface area (Å²) in [5.41, 5.74) is 0.784. The van der Waals surface area contributed by atoms with Crippen molar-refractivity contribution < 1.29 is 9.31 Å². The maximum Gasteiger partial charge on any atom is 0.492 e. The maximum absolute atomic E-state index is 5.97. The maximum atomic E-state index is 5.97. The second kappa shape index (κ2) is 3.53. The van der Waals surface area contributed by atoms with Gasteiger partial charge in [0, 0.05) is 6.54 Å². The van der Waals surface area contributed by atoms with Crippen LogP contribution in [-0.4, -0.2) is 24.9 Å². The summed E-state index contributed by atoms with van der Waals surface area (Å²) >= 11 is 0. The number of hydrogen-bond acceptors (Lipinski definition) is 3. The van der Waals surface area contributed by atoms with Crippen LogP contribution in [-0.2, 0) is 9.31 Å². The Labute approximate surface area is 92.4 Å². The highest BCUT2D eigenvalue weighted by atomic mass is 16.7. The van der Waals surface area contributed by atoms with Crippen LogP contribution in [0.1, 0.15) is 40.5 Å². The van der Waals surface area contributed by atoms with Crippen molar-refractivity contribution in [1.82, 2.24) is 5.32 Å². The molecule has 2 heterocycles. The van der Waals surface area contributed by atoms with E-state index < -0.39 is 0 Å². The minimum Gasteiger partial charge on any atom is -0.400 e. The SMILES string of the molecule is CC1(C)OB(C2=CNCCC2)OC1(C)C. The molecule has 0 spiro atoms. The molecular formula is C11H20BNO2. The van der Waals surface area contributed by atoms with Crippen LogP contribution in [0, 0.1) is 0 Å². The van der Waals surface area contributed by atoms with Crippen LogP contribution in [0.2, 0.25) is 0 Å². The van der Waals surface area contributed by atoms with Gasteiger partial charge in [-0.3, -0.25) is 0 Å². The molecule has 0 aromatic carbocycles. The summed E-state index contributed by atoms with van der Waals surface area (Å²) in [6, 6.07) is 0. The van der Waals surface area contributed by atoms with Crippen molar-refractivity contribution in [3.8, 4) is 0 Å². The van der Waals surface area contributed by atoms with E-state index in [4.69, 9.17) is 9.31 Å². The molecular weight excluding hydrogens is 189 g/mol. The van der Waals surface area contributed by atoms with Gasteiger partial charge in [-0.2, -0.15) is 0 Å². The number of rotatable bonds is 1. The third kappa shape index (κ3) is 1.93. The quantitative estimate of drug-likeness (QED) is 0.669. The van der Waals surface area contributed by atoms with Crippen molar-refractivity contribution in [3.63, 3.8) is 0 Å². The summed E-state index contributed by atoms with van der Waals surface area (Å²) in [5.74, 6) is 0. The lowest BCUT2D eigenvalue weighted by Gasteiger charge is -2.32. The van der Waals surface area contributed by atoms with Crippen LogP contribution in [0.5, 0.6) is 0 Å². The molecule has 2 aliphatic rings. The normalized spacial score (nSPS) is 28.5. The van der Waals surface area contributed by atoms with Gasteiger partial charge >= 0.3 is 7.12 Å². The molecule has 0 aromatic rings. The lowest BCUT2D eigenvalue weighted by atomic mass is 9.75. The van der Waals surface area contributed by atoms with Crippen LogP contribution in [0.15, 0.2) is 11.7 Å². The molecule has 15 heavy (non-hydrogen) atoms. The molecule has 1 N–H and O–H groups in total. The van der Waals surface area contributed by atoms with Gasteiger partial charge in [-0.1, -0.05) is 0 Å². The van der Waals surface area contributed by atoms with E-state index in [0.29, 0.717) is 0 Å². The Morgan fingerprint density at radius 1 is 1.20 bits per heavy atom. The fourth-order valence-corrected chi connectivity index (χ4v) is 1.85. The van der Waals surface area contributed by atoms with Gasteiger partial charge in [-0.05, 0) is 52.2 Å². The Morgan fingerprint density at radius 2 is 1.80 bits per heavy atom. The van der Waals surface area contributed by atoms with Crippen molar-refractivity contribution in [2.75, 3.05) is 6.54 Å². The molecule has 1 saturated heterocycles. The fourth-order valence-electron chi connectivity index (χ4n) is 1.85. The molecule has 0 aromatic heterocycles. The van der Waals surface area contributed by atoms with E-state index in [1.807, 2.05) is 6.20 Å². The first-order chi connectivity index (χ1) is 6.92. The molecule has 1 fully saturated rings. The minimum absolute atomic E-state index is 0.164. The summed E-state index contributed by atoms with van der Waals surface area (Å²) < 4.78 is 11.9. The number of allylic oxidation sites excluding steroid dienone is 1. The molecule has 0 amide bonds. The molecule has 0 bridgehead atoms. The number of hydrogen-bond donors (Lipinski definition) is 1. The van der Waals surface area contributed by atoms with Gasteiger partial charge in [0.05, 0.1) is 11.2 Å². The summed E-state index contributed by atoms with van der Waals surface area (Å²) in [5, 5.41) is 3.24. The zero-order valence-electron chi connectivity index (χ0n) is 10.1. The second-order valence-electron chi connectivity index (χ2n) is 5.37. The van der Waals surface area contributed by atoms with Crippen molar-refractivity contribution in [2.24, 2.45) is 0 Å². The first-order valence-electron chi connectivity index (χ1n) is 5.70. The van der Waals surface area contributed by atoms with Gasteiger partial charge in [0.1, 0.15) is 0 Å². The predicted octanol–water partition coefficient (Wildman–Crippen LogP) is 1.89. The number of nitrogens with one attached hydrogen (secondary N) is 1. The fraction of sp³-hybridized carbons (Fsp3) is 0.818. The second-order valence-corrected chi connectivity index (χ2v) is 5.37. The van der Waals surface area contributed by atoms with Gasteiger partial charge in [0.25, 0.3) is 0 Å². The average Bonchev–Trinajstić information content (AvgIpc) is 2.38. The van der Waals surface area contributed by atoms with Gasteiger partial charge in [-0.15, -0.1) is 0 Å². The van der Waals surface area contributed by atoms with E-state index in [0.717, 1.165) is 19.4 Å². The van der Waals surface area contributed by atoms with E-state index in [9.17, 15) is 0 Å². The Kier molecular flexibility index (Phi) is 2.59. The van der Waals surface area contributed by atoms with Crippen LogP contribution < -0.4 is 5.32 Å². The minimum atomic E-state index is -0.226. The topological polar surface area (TPSA) is 30.5 Å². The van der Waals surface area contributed by atoms with E-state index in [2.05, 4.69) is 33.0 Å². The molecule has 3 nitrogen and oxygen atoms in total. The first kappa shape index (κ1) is 11.0. The lowest BCUT2D eigenvalue weighted by molar-refractivity contribution is 0.00578. The zero-order chi connectivity index (χ0) is 11.1. The Bertz CT molecular complexity index is 270. The van der Waals surface area contributed by atoms with Crippen molar-refractivity contribution in [1.29, 1.82) is 0 Å². The van der Waals surface area contributed by atoms with Crippen molar-refractivity contribution in [2.45, 2.75) is 51.7 Å². The first-order valence-corrected chi connectivity index (χ1v) is 5.70.